The van der Waals surface area contributed by atoms with Crippen molar-refractivity contribution < 1.29 is 18.0 Å². The number of rotatable bonds is 1. The van der Waals surface area contributed by atoms with Gasteiger partial charge in [0.2, 0.25) is 5.91 Å². The summed E-state index contributed by atoms with van der Waals surface area (Å²) in [5.41, 5.74) is 1.62. The second-order valence-electron chi connectivity index (χ2n) is 6.52. The van der Waals surface area contributed by atoms with Gasteiger partial charge in [-0.15, -0.1) is 0 Å². The smallest absolute Gasteiger partial charge is 0.355 e. The Morgan fingerprint density at radius 2 is 1.80 bits per heavy atom. The maximum absolute atomic E-state index is 12.9. The van der Waals surface area contributed by atoms with Crippen molar-refractivity contribution in [2.24, 2.45) is 5.92 Å². The SMILES string of the molecule is O=C1C2C=CC(C(F)(F)F)=CC2NC(=S)N1C1Cc2ccccc2C1. The summed E-state index contributed by atoms with van der Waals surface area (Å²) in [6.45, 7) is 0. The Bertz CT molecular complexity index is 790. The Balaban J connectivity index is 1.57. The number of nitrogens with zero attached hydrogens (tertiary/aromatic N) is 1. The van der Waals surface area contributed by atoms with Crippen molar-refractivity contribution in [2.75, 3.05) is 0 Å². The average molecular weight is 364 g/mol. The zero-order valence-electron chi connectivity index (χ0n) is 13.1. The van der Waals surface area contributed by atoms with Crippen LogP contribution in [0.4, 0.5) is 13.2 Å². The van der Waals surface area contributed by atoms with Crippen LogP contribution in [0.25, 0.3) is 0 Å². The summed E-state index contributed by atoms with van der Waals surface area (Å²) >= 11 is 5.31. The Morgan fingerprint density at radius 3 is 2.40 bits per heavy atom. The first kappa shape index (κ1) is 16.3. The van der Waals surface area contributed by atoms with Crippen molar-refractivity contribution in [3.8, 4) is 0 Å². The average Bonchev–Trinajstić information content (AvgIpc) is 2.96. The lowest BCUT2D eigenvalue weighted by Gasteiger charge is -2.41. The van der Waals surface area contributed by atoms with Gasteiger partial charge in [0.1, 0.15) is 0 Å². The highest BCUT2D eigenvalue weighted by Crippen LogP contribution is 2.34. The van der Waals surface area contributed by atoms with Crippen LogP contribution in [0.15, 0.2) is 48.1 Å². The summed E-state index contributed by atoms with van der Waals surface area (Å²) < 4.78 is 38.7. The molecule has 2 aliphatic carbocycles. The molecule has 3 nitrogen and oxygen atoms in total. The van der Waals surface area contributed by atoms with E-state index in [2.05, 4.69) is 5.32 Å². The molecule has 25 heavy (non-hydrogen) atoms. The molecule has 0 spiro atoms. The third-order valence-electron chi connectivity index (χ3n) is 4.98. The Kier molecular flexibility index (Phi) is 3.72. The Labute approximate surface area is 148 Å². The van der Waals surface area contributed by atoms with E-state index in [9.17, 15) is 18.0 Å². The number of thiocarbonyl (C=S) groups is 1. The van der Waals surface area contributed by atoms with Gasteiger partial charge in [-0.05, 0) is 42.3 Å². The highest BCUT2D eigenvalue weighted by Gasteiger charge is 2.45. The standard InChI is InChI=1S/C18H15F3N2OS/c19-18(20,21)12-5-6-14-15(9-12)22-17(25)23(16(14)24)13-7-10-3-1-2-4-11(10)8-13/h1-6,9,13-15H,7-8H2,(H,22,25). The first-order valence-corrected chi connectivity index (χ1v) is 8.43. The van der Waals surface area contributed by atoms with E-state index in [1.165, 1.54) is 17.2 Å². The van der Waals surface area contributed by atoms with E-state index in [1.807, 2.05) is 24.3 Å². The van der Waals surface area contributed by atoms with Gasteiger partial charge in [-0.3, -0.25) is 9.69 Å². The summed E-state index contributed by atoms with van der Waals surface area (Å²) in [4.78, 5) is 14.5. The molecule has 1 saturated heterocycles. The number of hydrogen-bond acceptors (Lipinski definition) is 2. The molecule has 0 bridgehead atoms. The van der Waals surface area contributed by atoms with Crippen LogP contribution in [0, 0.1) is 5.92 Å². The van der Waals surface area contributed by atoms with E-state index < -0.39 is 23.7 Å². The number of carbonyl (C=O) groups is 1. The van der Waals surface area contributed by atoms with E-state index in [-0.39, 0.29) is 17.1 Å². The molecule has 1 fully saturated rings. The van der Waals surface area contributed by atoms with Crippen LogP contribution in [0.3, 0.4) is 0 Å². The van der Waals surface area contributed by atoms with Crippen molar-refractivity contribution in [1.29, 1.82) is 0 Å². The van der Waals surface area contributed by atoms with Gasteiger partial charge in [0, 0.05) is 6.04 Å². The molecule has 1 amide bonds. The van der Waals surface area contributed by atoms with Crippen LogP contribution in [0.1, 0.15) is 11.1 Å². The summed E-state index contributed by atoms with van der Waals surface area (Å²) in [6.07, 6.45) is 0.340. The maximum Gasteiger partial charge on any atom is 0.416 e. The fourth-order valence-corrected chi connectivity index (χ4v) is 4.15. The van der Waals surface area contributed by atoms with Gasteiger partial charge in [-0.2, -0.15) is 13.2 Å². The van der Waals surface area contributed by atoms with Crippen molar-refractivity contribution in [3.05, 3.63) is 59.2 Å². The Morgan fingerprint density at radius 1 is 1.16 bits per heavy atom. The number of amides is 1. The molecular weight excluding hydrogens is 349 g/mol. The number of nitrogens with one attached hydrogen (secondary N) is 1. The number of alkyl halides is 3. The molecule has 1 aliphatic heterocycles. The molecule has 2 atom stereocenters. The third kappa shape index (κ3) is 2.76. The molecule has 7 heteroatoms. The van der Waals surface area contributed by atoms with Crippen LogP contribution in [-0.4, -0.2) is 34.2 Å². The maximum atomic E-state index is 12.9. The fourth-order valence-electron chi connectivity index (χ4n) is 3.77. The molecule has 4 rings (SSSR count). The van der Waals surface area contributed by atoms with Gasteiger partial charge in [-0.25, -0.2) is 0 Å². The quantitative estimate of drug-likeness (QED) is 0.778. The predicted molar refractivity (Wildman–Crippen MR) is 90.8 cm³/mol. The van der Waals surface area contributed by atoms with Gasteiger partial charge in [-0.1, -0.05) is 36.4 Å². The van der Waals surface area contributed by atoms with Crippen LogP contribution in [-0.2, 0) is 17.6 Å². The van der Waals surface area contributed by atoms with Crippen LogP contribution in [0.5, 0.6) is 0 Å². The third-order valence-corrected chi connectivity index (χ3v) is 5.30. The number of allylic oxidation sites excluding steroid dienone is 2. The summed E-state index contributed by atoms with van der Waals surface area (Å²) in [5.74, 6) is -0.901. The second-order valence-corrected chi connectivity index (χ2v) is 6.91. The molecule has 1 aromatic rings. The van der Waals surface area contributed by atoms with Crippen molar-refractivity contribution in [3.63, 3.8) is 0 Å². The van der Waals surface area contributed by atoms with Crippen molar-refractivity contribution >= 4 is 23.2 Å². The lowest BCUT2D eigenvalue weighted by atomic mass is 9.88. The zero-order chi connectivity index (χ0) is 17.8. The first-order chi connectivity index (χ1) is 11.8. The molecule has 3 aliphatic rings. The lowest BCUT2D eigenvalue weighted by Crippen LogP contribution is -2.62. The van der Waals surface area contributed by atoms with Crippen LogP contribution >= 0.6 is 12.2 Å². The zero-order valence-corrected chi connectivity index (χ0v) is 13.9. The summed E-state index contributed by atoms with van der Waals surface area (Å²) in [5, 5.41) is 3.12. The highest BCUT2D eigenvalue weighted by molar-refractivity contribution is 7.80. The number of hydrogen-bond donors (Lipinski definition) is 1. The lowest BCUT2D eigenvalue weighted by molar-refractivity contribution is -0.133. The molecule has 130 valence electrons. The summed E-state index contributed by atoms with van der Waals surface area (Å²) in [7, 11) is 0. The molecule has 0 radical (unpaired) electrons. The molecule has 1 heterocycles. The monoisotopic (exact) mass is 364 g/mol. The number of halogens is 3. The van der Waals surface area contributed by atoms with E-state index in [0.717, 1.165) is 12.2 Å². The van der Waals surface area contributed by atoms with Crippen LogP contribution < -0.4 is 5.32 Å². The van der Waals surface area contributed by atoms with E-state index in [0.29, 0.717) is 12.8 Å². The molecule has 0 aromatic heterocycles. The molecule has 1 N–H and O–H groups in total. The van der Waals surface area contributed by atoms with Crippen molar-refractivity contribution in [2.45, 2.75) is 31.1 Å². The normalized spacial score (nSPS) is 26.2. The first-order valence-electron chi connectivity index (χ1n) is 8.02. The van der Waals surface area contributed by atoms with Gasteiger partial charge in [0.15, 0.2) is 5.11 Å². The predicted octanol–water partition coefficient (Wildman–Crippen LogP) is 2.91. The second kappa shape index (κ2) is 5.69. The Hall–Kier alpha value is -2.15. The number of benzene rings is 1. The van der Waals surface area contributed by atoms with Crippen LogP contribution in [0.2, 0.25) is 0 Å². The van der Waals surface area contributed by atoms with E-state index in [1.54, 1.807) is 4.90 Å². The molecule has 1 aromatic carbocycles. The topological polar surface area (TPSA) is 32.3 Å². The number of carbonyl (C=O) groups excluding carboxylic acids is 1. The minimum absolute atomic E-state index is 0.0905. The number of fused-ring (bicyclic) bond motifs is 2. The molecule has 2 unspecified atom stereocenters. The minimum atomic E-state index is -4.43. The fraction of sp³-hybridized carbons (Fsp3) is 0.333. The van der Waals surface area contributed by atoms with Crippen molar-refractivity contribution in [1.82, 2.24) is 10.2 Å². The van der Waals surface area contributed by atoms with Gasteiger partial charge >= 0.3 is 6.18 Å². The largest absolute Gasteiger partial charge is 0.416 e. The minimum Gasteiger partial charge on any atom is -0.355 e. The van der Waals surface area contributed by atoms with E-state index in [4.69, 9.17) is 12.2 Å². The molecular formula is C18H15F3N2OS. The van der Waals surface area contributed by atoms with Gasteiger partial charge in [0.05, 0.1) is 17.5 Å². The molecule has 0 saturated carbocycles. The van der Waals surface area contributed by atoms with E-state index >= 15 is 0 Å². The van der Waals surface area contributed by atoms with Gasteiger partial charge in [0.25, 0.3) is 0 Å². The highest BCUT2D eigenvalue weighted by atomic mass is 32.1. The summed E-state index contributed by atoms with van der Waals surface area (Å²) in [6, 6.07) is 7.14. The van der Waals surface area contributed by atoms with Gasteiger partial charge < -0.3 is 5.32 Å².